The van der Waals surface area contributed by atoms with Gasteiger partial charge >= 0.3 is 5.97 Å². The summed E-state index contributed by atoms with van der Waals surface area (Å²) >= 11 is 3.29. The highest BCUT2D eigenvalue weighted by Crippen LogP contribution is 2.34. The van der Waals surface area contributed by atoms with Crippen LogP contribution in [0.4, 0.5) is 5.69 Å². The normalized spacial score (nSPS) is 11.1. The minimum atomic E-state index is -0.423. The van der Waals surface area contributed by atoms with Gasteiger partial charge in [0.25, 0.3) is 0 Å². The highest BCUT2D eigenvalue weighted by molar-refractivity contribution is 9.10. The molecule has 2 rings (SSSR count). The van der Waals surface area contributed by atoms with Gasteiger partial charge in [0.05, 0.1) is 17.8 Å². The quantitative estimate of drug-likeness (QED) is 0.509. The Morgan fingerprint density at radius 3 is 2.86 bits per heavy atom. The van der Waals surface area contributed by atoms with Gasteiger partial charge in [-0.3, -0.25) is 14.8 Å². The zero-order valence-corrected chi connectivity index (χ0v) is 13.7. The number of halogens is 1. The van der Waals surface area contributed by atoms with Gasteiger partial charge in [0.2, 0.25) is 0 Å². The summed E-state index contributed by atoms with van der Waals surface area (Å²) in [5.41, 5.74) is 1.15. The van der Waals surface area contributed by atoms with Gasteiger partial charge < -0.3 is 9.84 Å². The molecule has 22 heavy (non-hydrogen) atoms. The molecular weight excluding hydrogens is 348 g/mol. The van der Waals surface area contributed by atoms with Gasteiger partial charge in [-0.05, 0) is 24.3 Å². The summed E-state index contributed by atoms with van der Waals surface area (Å²) in [4.78, 5) is 20.0. The molecule has 6 heteroatoms. The summed E-state index contributed by atoms with van der Waals surface area (Å²) in [5, 5.41) is 10.0. The van der Waals surface area contributed by atoms with Crippen LogP contribution in [0.15, 0.2) is 46.1 Å². The molecule has 0 fully saturated rings. The Morgan fingerprint density at radius 2 is 2.23 bits per heavy atom. The number of carbonyl (C=O) groups is 1. The smallest absolute Gasteiger partial charge is 0.313 e. The molecule has 1 aromatic heterocycles. The van der Waals surface area contributed by atoms with E-state index < -0.39 is 5.97 Å². The molecule has 0 bridgehead atoms. The van der Waals surface area contributed by atoms with Crippen molar-refractivity contribution in [3.63, 3.8) is 0 Å². The molecule has 0 aliphatic carbocycles. The Hall–Kier alpha value is -2.21. The third-order valence-electron chi connectivity index (χ3n) is 2.74. The van der Waals surface area contributed by atoms with Crippen molar-refractivity contribution in [2.75, 3.05) is 0 Å². The molecule has 1 aromatic carbocycles. The standard InChI is InChI=1S/C16H15BrN2O3/c1-10(2)16(21)22-15-11(6-12(17)7-14(15)20)8-19-13-4-3-5-18-9-13/h3-10,20H,1-2H3. The van der Waals surface area contributed by atoms with Crippen LogP contribution < -0.4 is 4.74 Å². The van der Waals surface area contributed by atoms with Crippen LogP contribution in [0.1, 0.15) is 19.4 Å². The van der Waals surface area contributed by atoms with Crippen molar-refractivity contribution in [2.45, 2.75) is 13.8 Å². The predicted molar refractivity (Wildman–Crippen MR) is 87.8 cm³/mol. The molecule has 1 heterocycles. The van der Waals surface area contributed by atoms with Crippen molar-refractivity contribution in [3.05, 3.63) is 46.7 Å². The molecule has 0 saturated carbocycles. The number of aromatic hydroxyl groups is 1. The fourth-order valence-electron chi connectivity index (χ4n) is 1.60. The molecule has 0 atom stereocenters. The fraction of sp³-hybridized carbons (Fsp3) is 0.188. The molecule has 114 valence electrons. The van der Waals surface area contributed by atoms with Crippen molar-refractivity contribution in [2.24, 2.45) is 10.9 Å². The molecule has 0 saturated heterocycles. The highest BCUT2D eigenvalue weighted by Gasteiger charge is 2.16. The van der Waals surface area contributed by atoms with Crippen LogP contribution >= 0.6 is 15.9 Å². The van der Waals surface area contributed by atoms with E-state index in [1.807, 2.05) is 0 Å². The van der Waals surface area contributed by atoms with E-state index in [1.54, 1.807) is 44.4 Å². The van der Waals surface area contributed by atoms with Gasteiger partial charge in [-0.15, -0.1) is 0 Å². The van der Waals surface area contributed by atoms with Gasteiger partial charge in [0.1, 0.15) is 0 Å². The number of pyridine rings is 1. The van der Waals surface area contributed by atoms with Crippen molar-refractivity contribution in [1.82, 2.24) is 4.98 Å². The number of carbonyl (C=O) groups excluding carboxylic acids is 1. The van der Waals surface area contributed by atoms with E-state index in [0.717, 1.165) is 0 Å². The molecule has 0 aliphatic heterocycles. The lowest BCUT2D eigenvalue weighted by molar-refractivity contribution is -0.137. The van der Waals surface area contributed by atoms with E-state index in [-0.39, 0.29) is 17.4 Å². The van der Waals surface area contributed by atoms with Crippen molar-refractivity contribution < 1.29 is 14.6 Å². The van der Waals surface area contributed by atoms with Crippen LogP contribution in [-0.4, -0.2) is 22.3 Å². The lowest BCUT2D eigenvalue weighted by atomic mass is 10.2. The molecule has 5 nitrogen and oxygen atoms in total. The summed E-state index contributed by atoms with van der Waals surface area (Å²) in [5.74, 6) is -0.759. The molecule has 2 aromatic rings. The molecular formula is C16H15BrN2O3. The van der Waals surface area contributed by atoms with Crippen molar-refractivity contribution in [1.29, 1.82) is 0 Å². The van der Waals surface area contributed by atoms with Gasteiger partial charge in [0.15, 0.2) is 11.5 Å². The molecule has 1 N–H and O–H groups in total. The van der Waals surface area contributed by atoms with E-state index in [9.17, 15) is 9.90 Å². The Bertz CT molecular complexity index is 700. The number of esters is 1. The molecule has 0 radical (unpaired) electrons. The lowest BCUT2D eigenvalue weighted by Crippen LogP contribution is -2.15. The maximum atomic E-state index is 11.8. The van der Waals surface area contributed by atoms with E-state index in [4.69, 9.17) is 4.74 Å². The Balaban J connectivity index is 2.37. The fourth-order valence-corrected chi connectivity index (χ4v) is 2.06. The minimum absolute atomic E-state index is 0.0922. The van der Waals surface area contributed by atoms with Crippen LogP contribution in [0, 0.1) is 5.92 Å². The first-order chi connectivity index (χ1) is 10.5. The van der Waals surface area contributed by atoms with E-state index in [2.05, 4.69) is 25.9 Å². The summed E-state index contributed by atoms with van der Waals surface area (Å²) < 4.78 is 5.92. The average molecular weight is 363 g/mol. The summed E-state index contributed by atoms with van der Waals surface area (Å²) in [6.07, 6.45) is 4.78. The lowest BCUT2D eigenvalue weighted by Gasteiger charge is -2.11. The zero-order valence-electron chi connectivity index (χ0n) is 12.2. The predicted octanol–water partition coefficient (Wildman–Crippen LogP) is 3.86. The first-order valence-electron chi connectivity index (χ1n) is 6.65. The zero-order chi connectivity index (χ0) is 16.1. The van der Waals surface area contributed by atoms with Gasteiger partial charge in [0, 0.05) is 22.4 Å². The second-order valence-electron chi connectivity index (χ2n) is 4.89. The SMILES string of the molecule is CC(C)C(=O)Oc1c(O)cc(Br)cc1C=Nc1cccnc1. The van der Waals surface area contributed by atoms with E-state index in [1.165, 1.54) is 12.3 Å². The van der Waals surface area contributed by atoms with Crippen molar-refractivity contribution >= 4 is 33.8 Å². The monoisotopic (exact) mass is 362 g/mol. The number of ether oxygens (including phenoxy) is 1. The van der Waals surface area contributed by atoms with Crippen molar-refractivity contribution in [3.8, 4) is 11.5 Å². The largest absolute Gasteiger partial charge is 0.504 e. The number of aliphatic imine (C=N–C) groups is 1. The Morgan fingerprint density at radius 1 is 1.45 bits per heavy atom. The maximum Gasteiger partial charge on any atom is 0.313 e. The molecule has 0 spiro atoms. The van der Waals surface area contributed by atoms with E-state index in [0.29, 0.717) is 15.7 Å². The average Bonchev–Trinajstić information content (AvgIpc) is 2.48. The minimum Gasteiger partial charge on any atom is -0.504 e. The number of phenols is 1. The topological polar surface area (TPSA) is 71.8 Å². The Labute approximate surface area is 136 Å². The van der Waals surface area contributed by atoms with Gasteiger partial charge in [-0.25, -0.2) is 0 Å². The molecule has 0 amide bonds. The van der Waals surface area contributed by atoms with Crippen LogP contribution in [0.25, 0.3) is 0 Å². The first-order valence-corrected chi connectivity index (χ1v) is 7.45. The Kier molecular flexibility index (Phi) is 5.27. The number of rotatable bonds is 4. The number of aromatic nitrogens is 1. The third-order valence-corrected chi connectivity index (χ3v) is 3.19. The highest BCUT2D eigenvalue weighted by atomic mass is 79.9. The van der Waals surface area contributed by atoms with Gasteiger partial charge in [-0.1, -0.05) is 29.8 Å². The molecule has 0 aliphatic rings. The maximum absolute atomic E-state index is 11.8. The number of phenolic OH excluding ortho intramolecular Hbond substituents is 1. The van der Waals surface area contributed by atoms with Crippen LogP contribution in [-0.2, 0) is 4.79 Å². The molecule has 0 unspecified atom stereocenters. The van der Waals surface area contributed by atoms with Crippen LogP contribution in [0.2, 0.25) is 0 Å². The number of nitrogens with zero attached hydrogens (tertiary/aromatic N) is 2. The van der Waals surface area contributed by atoms with Gasteiger partial charge in [-0.2, -0.15) is 0 Å². The second-order valence-corrected chi connectivity index (χ2v) is 5.80. The first kappa shape index (κ1) is 16.2. The number of hydrogen-bond acceptors (Lipinski definition) is 5. The van der Waals surface area contributed by atoms with Crippen LogP contribution in [0.5, 0.6) is 11.5 Å². The summed E-state index contributed by atoms with van der Waals surface area (Å²) in [6.45, 7) is 3.45. The second kappa shape index (κ2) is 7.17. The third kappa shape index (κ3) is 4.14. The summed E-state index contributed by atoms with van der Waals surface area (Å²) in [7, 11) is 0. The number of benzene rings is 1. The van der Waals surface area contributed by atoms with Crippen LogP contribution in [0.3, 0.4) is 0 Å². The number of hydrogen-bond donors (Lipinski definition) is 1. The summed E-state index contributed by atoms with van der Waals surface area (Å²) in [6, 6.07) is 6.73. The van der Waals surface area contributed by atoms with E-state index >= 15 is 0 Å².